The Labute approximate surface area is 134 Å². The summed E-state index contributed by atoms with van der Waals surface area (Å²) in [5, 5.41) is 17.0. The fourth-order valence-electron chi connectivity index (χ4n) is 2.17. The molecular formula is C16H21N3O4. The van der Waals surface area contributed by atoms with E-state index in [0.29, 0.717) is 11.3 Å². The molecule has 0 heterocycles. The summed E-state index contributed by atoms with van der Waals surface area (Å²) in [6.07, 6.45) is 1.65. The Bertz CT molecular complexity index is 594. The number of carboxylic acid groups (broad SMARTS) is 1. The van der Waals surface area contributed by atoms with Gasteiger partial charge in [0.05, 0.1) is 0 Å². The number of amides is 3. The molecule has 0 radical (unpaired) electrons. The second kappa shape index (κ2) is 7.13. The quantitative estimate of drug-likeness (QED) is 0.641. The van der Waals surface area contributed by atoms with Gasteiger partial charge >= 0.3 is 12.0 Å². The van der Waals surface area contributed by atoms with Crippen LogP contribution in [0.15, 0.2) is 24.3 Å². The Morgan fingerprint density at radius 3 is 2.17 bits per heavy atom. The van der Waals surface area contributed by atoms with E-state index in [-0.39, 0.29) is 18.0 Å². The van der Waals surface area contributed by atoms with Crippen LogP contribution in [0.25, 0.3) is 0 Å². The number of carbonyl (C=O) groups excluding carboxylic acids is 2. The van der Waals surface area contributed by atoms with E-state index in [1.165, 1.54) is 0 Å². The molecule has 0 spiro atoms. The lowest BCUT2D eigenvalue weighted by Gasteiger charge is -2.14. The van der Waals surface area contributed by atoms with E-state index in [9.17, 15) is 14.4 Å². The van der Waals surface area contributed by atoms with Gasteiger partial charge in [-0.1, -0.05) is 0 Å². The highest BCUT2D eigenvalue weighted by molar-refractivity contribution is 5.97. The van der Waals surface area contributed by atoms with Crippen molar-refractivity contribution in [2.75, 3.05) is 5.32 Å². The van der Waals surface area contributed by atoms with Crippen LogP contribution in [0.2, 0.25) is 0 Å². The molecule has 0 aromatic heterocycles. The number of anilines is 1. The summed E-state index contributed by atoms with van der Waals surface area (Å²) in [6.45, 7) is 3.71. The first-order valence-corrected chi connectivity index (χ1v) is 7.58. The van der Waals surface area contributed by atoms with Crippen molar-refractivity contribution in [1.82, 2.24) is 10.6 Å². The van der Waals surface area contributed by atoms with Crippen LogP contribution in [0.3, 0.4) is 0 Å². The van der Waals surface area contributed by atoms with Crippen molar-refractivity contribution in [1.29, 1.82) is 0 Å². The van der Waals surface area contributed by atoms with Gasteiger partial charge in [-0.25, -0.2) is 9.59 Å². The molecule has 23 heavy (non-hydrogen) atoms. The second-order valence-corrected chi connectivity index (χ2v) is 5.96. The van der Waals surface area contributed by atoms with Gasteiger partial charge in [-0.15, -0.1) is 0 Å². The lowest BCUT2D eigenvalue weighted by atomic mass is 10.1. The summed E-state index contributed by atoms with van der Waals surface area (Å²) >= 11 is 0. The van der Waals surface area contributed by atoms with Crippen molar-refractivity contribution in [3.63, 3.8) is 0 Å². The van der Waals surface area contributed by atoms with Gasteiger partial charge < -0.3 is 21.1 Å². The number of nitrogens with one attached hydrogen (secondary N) is 3. The van der Waals surface area contributed by atoms with E-state index in [0.717, 1.165) is 12.8 Å². The molecule has 1 aromatic rings. The fourth-order valence-corrected chi connectivity index (χ4v) is 2.17. The zero-order valence-electron chi connectivity index (χ0n) is 13.1. The van der Waals surface area contributed by atoms with Crippen LogP contribution in [-0.2, 0) is 4.79 Å². The Balaban J connectivity index is 1.94. The van der Waals surface area contributed by atoms with E-state index in [4.69, 9.17) is 5.11 Å². The molecule has 1 saturated carbocycles. The number of benzene rings is 1. The van der Waals surface area contributed by atoms with Gasteiger partial charge in [0.25, 0.3) is 5.91 Å². The minimum Gasteiger partial charge on any atom is -0.480 e. The third kappa shape index (κ3) is 4.98. The van der Waals surface area contributed by atoms with Gasteiger partial charge in [0.15, 0.2) is 0 Å². The third-order valence-electron chi connectivity index (χ3n) is 3.47. The highest BCUT2D eigenvalue weighted by Crippen LogP contribution is 2.32. The lowest BCUT2D eigenvalue weighted by molar-refractivity contribution is -0.139. The van der Waals surface area contributed by atoms with Gasteiger partial charge in [-0.05, 0) is 56.9 Å². The maximum Gasteiger partial charge on any atom is 0.326 e. The van der Waals surface area contributed by atoms with Crippen LogP contribution in [0.5, 0.6) is 0 Å². The minimum absolute atomic E-state index is 0.0235. The first-order valence-electron chi connectivity index (χ1n) is 7.58. The molecule has 0 saturated heterocycles. The molecule has 1 aliphatic carbocycles. The summed E-state index contributed by atoms with van der Waals surface area (Å²) in [5.74, 6) is -1.41. The van der Waals surface area contributed by atoms with Crippen molar-refractivity contribution < 1.29 is 19.5 Å². The van der Waals surface area contributed by atoms with E-state index in [2.05, 4.69) is 16.0 Å². The van der Waals surface area contributed by atoms with E-state index < -0.39 is 17.9 Å². The number of hydrogen-bond acceptors (Lipinski definition) is 3. The molecule has 4 N–H and O–H groups in total. The summed E-state index contributed by atoms with van der Waals surface area (Å²) in [4.78, 5) is 34.8. The molecular weight excluding hydrogens is 298 g/mol. The first-order chi connectivity index (χ1) is 10.9. The van der Waals surface area contributed by atoms with Gasteiger partial charge in [-0.3, -0.25) is 4.79 Å². The maximum atomic E-state index is 12.1. The van der Waals surface area contributed by atoms with Crippen LogP contribution in [0, 0.1) is 5.92 Å². The SMILES string of the molecule is CC(C)NC(=O)Nc1ccc(C(=O)NC(C(=O)O)C2CC2)cc1. The number of rotatable bonds is 6. The normalized spacial score (nSPS) is 14.9. The van der Waals surface area contributed by atoms with E-state index in [1.54, 1.807) is 24.3 Å². The van der Waals surface area contributed by atoms with Gasteiger partial charge in [-0.2, -0.15) is 0 Å². The first kappa shape index (κ1) is 16.8. The minimum atomic E-state index is -1.01. The Hall–Kier alpha value is -2.57. The largest absolute Gasteiger partial charge is 0.480 e. The molecule has 7 nitrogen and oxygen atoms in total. The number of aliphatic carboxylic acids is 1. The standard InChI is InChI=1S/C16H21N3O4/c1-9(2)17-16(23)18-12-7-5-11(6-8-12)14(20)19-13(15(21)22)10-3-4-10/h5-10,13H,3-4H2,1-2H3,(H,19,20)(H,21,22)(H2,17,18,23). The monoisotopic (exact) mass is 319 g/mol. The summed E-state index contributed by atoms with van der Waals surface area (Å²) in [5.41, 5.74) is 0.906. The van der Waals surface area contributed by atoms with Gasteiger partial charge in [0.2, 0.25) is 0 Å². The molecule has 1 aromatic carbocycles. The molecule has 1 atom stereocenters. The molecule has 0 bridgehead atoms. The highest BCUT2D eigenvalue weighted by atomic mass is 16.4. The molecule has 1 unspecified atom stereocenters. The molecule has 0 aliphatic heterocycles. The predicted molar refractivity (Wildman–Crippen MR) is 85.3 cm³/mol. The van der Waals surface area contributed by atoms with Crippen LogP contribution in [0.4, 0.5) is 10.5 Å². The Kier molecular flexibility index (Phi) is 5.20. The number of urea groups is 1. The highest BCUT2D eigenvalue weighted by Gasteiger charge is 2.37. The van der Waals surface area contributed by atoms with Crippen LogP contribution in [0.1, 0.15) is 37.0 Å². The van der Waals surface area contributed by atoms with E-state index >= 15 is 0 Å². The molecule has 1 fully saturated rings. The summed E-state index contributed by atoms with van der Waals surface area (Å²) in [6, 6.07) is 5.16. The number of hydrogen-bond donors (Lipinski definition) is 4. The lowest BCUT2D eigenvalue weighted by Crippen LogP contribution is -2.42. The van der Waals surface area contributed by atoms with Crippen LogP contribution in [-0.4, -0.2) is 35.1 Å². The average molecular weight is 319 g/mol. The smallest absolute Gasteiger partial charge is 0.326 e. The van der Waals surface area contributed by atoms with Gasteiger partial charge in [0.1, 0.15) is 6.04 Å². The van der Waals surface area contributed by atoms with Crippen molar-refractivity contribution >= 4 is 23.6 Å². The van der Waals surface area contributed by atoms with Crippen LogP contribution < -0.4 is 16.0 Å². The Morgan fingerprint density at radius 2 is 1.70 bits per heavy atom. The third-order valence-corrected chi connectivity index (χ3v) is 3.47. The Morgan fingerprint density at radius 1 is 1.09 bits per heavy atom. The molecule has 1 aliphatic rings. The molecule has 7 heteroatoms. The summed E-state index contributed by atoms with van der Waals surface area (Å²) < 4.78 is 0. The second-order valence-electron chi connectivity index (χ2n) is 5.96. The maximum absolute atomic E-state index is 12.1. The predicted octanol–water partition coefficient (Wildman–Crippen LogP) is 1.81. The molecule has 3 amide bonds. The molecule has 2 rings (SSSR count). The molecule has 124 valence electrons. The van der Waals surface area contributed by atoms with Crippen molar-refractivity contribution in [2.45, 2.75) is 38.8 Å². The summed E-state index contributed by atoms with van der Waals surface area (Å²) in [7, 11) is 0. The fraction of sp³-hybridized carbons (Fsp3) is 0.438. The average Bonchev–Trinajstić information content (AvgIpc) is 3.28. The number of carboxylic acids is 1. The zero-order valence-corrected chi connectivity index (χ0v) is 13.1. The number of carbonyl (C=O) groups is 3. The van der Waals surface area contributed by atoms with Crippen LogP contribution >= 0.6 is 0 Å². The van der Waals surface area contributed by atoms with Crippen molar-refractivity contribution in [2.24, 2.45) is 5.92 Å². The topological polar surface area (TPSA) is 108 Å². The van der Waals surface area contributed by atoms with Crippen molar-refractivity contribution in [3.8, 4) is 0 Å². The van der Waals surface area contributed by atoms with Gasteiger partial charge in [0, 0.05) is 17.3 Å². The zero-order chi connectivity index (χ0) is 17.0. The van der Waals surface area contributed by atoms with Crippen molar-refractivity contribution in [3.05, 3.63) is 29.8 Å². The van der Waals surface area contributed by atoms with E-state index in [1.807, 2.05) is 13.8 Å².